The zero-order valence-electron chi connectivity index (χ0n) is 15.1. The Bertz CT molecular complexity index is 585. The lowest BCUT2D eigenvalue weighted by Gasteiger charge is -2.34. The van der Waals surface area contributed by atoms with Crippen molar-refractivity contribution < 1.29 is 27.8 Å². The summed E-state index contributed by atoms with van der Waals surface area (Å²) in [5.41, 5.74) is 0.293. The molecule has 1 saturated heterocycles. The van der Waals surface area contributed by atoms with Gasteiger partial charge in [0.05, 0.1) is 14.2 Å². The summed E-state index contributed by atoms with van der Waals surface area (Å²) >= 11 is 0. The van der Waals surface area contributed by atoms with E-state index in [2.05, 4.69) is 22.3 Å². The van der Waals surface area contributed by atoms with Crippen LogP contribution in [0.15, 0.2) is 12.1 Å². The van der Waals surface area contributed by atoms with Gasteiger partial charge in [-0.15, -0.1) is 12.4 Å². The third-order valence-electron chi connectivity index (χ3n) is 4.42. The van der Waals surface area contributed by atoms with Crippen LogP contribution in [0.2, 0.25) is 0 Å². The van der Waals surface area contributed by atoms with Crippen LogP contribution in [0.5, 0.6) is 17.2 Å². The number of hydrogen-bond acceptors (Lipinski definition) is 5. The number of carbonyl (C=O) groups is 1. The fraction of sp³-hybridized carbons (Fsp3) is 0.588. The maximum Gasteiger partial charge on any atom is 0.387 e. The molecule has 0 spiro atoms. The molecule has 0 bridgehead atoms. The van der Waals surface area contributed by atoms with Gasteiger partial charge in [0.1, 0.15) is 0 Å². The van der Waals surface area contributed by atoms with Gasteiger partial charge in [0.25, 0.3) is 5.91 Å². The lowest BCUT2D eigenvalue weighted by Crippen LogP contribution is -2.42. The number of nitrogens with one attached hydrogen (secondary N) is 2. The summed E-state index contributed by atoms with van der Waals surface area (Å²) in [5, 5.41) is 6.20. The zero-order valence-corrected chi connectivity index (χ0v) is 15.9. The fourth-order valence-corrected chi connectivity index (χ4v) is 2.82. The van der Waals surface area contributed by atoms with Crippen LogP contribution in [0.4, 0.5) is 8.78 Å². The molecule has 2 N–H and O–H groups in total. The molecule has 0 aromatic heterocycles. The normalized spacial score (nSPS) is 15.8. The van der Waals surface area contributed by atoms with Crippen LogP contribution >= 0.6 is 12.4 Å². The number of amides is 1. The van der Waals surface area contributed by atoms with Crippen molar-refractivity contribution >= 4 is 18.3 Å². The standard InChI is InChI=1S/C17H24F2N2O4.ClH/c1-17(4-6-20-7-5-17)10-21-15(22)11-8-12(23-2)14(25-16(18)19)13(9-11)24-3;/h8-9,16,20H,4-7,10H2,1-3H3,(H,21,22);1H. The maximum absolute atomic E-state index is 12.6. The van der Waals surface area contributed by atoms with Crippen LogP contribution in [-0.2, 0) is 0 Å². The van der Waals surface area contributed by atoms with E-state index in [0.29, 0.717) is 6.54 Å². The van der Waals surface area contributed by atoms with E-state index in [-0.39, 0.29) is 46.5 Å². The third-order valence-corrected chi connectivity index (χ3v) is 4.42. The summed E-state index contributed by atoms with van der Waals surface area (Å²) in [4.78, 5) is 12.5. The number of ether oxygens (including phenoxy) is 3. The number of carbonyl (C=O) groups excluding carboxylic acids is 1. The van der Waals surface area contributed by atoms with Crippen molar-refractivity contribution in [3.8, 4) is 17.2 Å². The molecule has 26 heavy (non-hydrogen) atoms. The van der Waals surface area contributed by atoms with Crippen molar-refractivity contribution in [2.75, 3.05) is 33.9 Å². The first-order valence-electron chi connectivity index (χ1n) is 8.08. The SMILES string of the molecule is COc1cc(C(=O)NCC2(C)CCNCC2)cc(OC)c1OC(F)F.Cl. The molecular weight excluding hydrogens is 370 g/mol. The number of benzene rings is 1. The van der Waals surface area contributed by atoms with Gasteiger partial charge in [-0.05, 0) is 43.5 Å². The Hall–Kier alpha value is -1.80. The lowest BCUT2D eigenvalue weighted by atomic mass is 9.81. The minimum atomic E-state index is -3.03. The van der Waals surface area contributed by atoms with E-state index in [0.717, 1.165) is 25.9 Å². The second kappa shape index (κ2) is 9.78. The van der Waals surface area contributed by atoms with Crippen LogP contribution in [-0.4, -0.2) is 46.4 Å². The van der Waals surface area contributed by atoms with E-state index < -0.39 is 6.61 Å². The van der Waals surface area contributed by atoms with Gasteiger partial charge in [-0.3, -0.25) is 4.79 Å². The summed E-state index contributed by atoms with van der Waals surface area (Å²) in [6.45, 7) is 1.49. The smallest absolute Gasteiger partial charge is 0.387 e. The molecule has 2 rings (SSSR count). The quantitative estimate of drug-likeness (QED) is 0.744. The van der Waals surface area contributed by atoms with Gasteiger partial charge in [-0.1, -0.05) is 6.92 Å². The molecule has 0 radical (unpaired) electrons. The first-order valence-corrected chi connectivity index (χ1v) is 8.08. The molecule has 1 aliphatic rings. The predicted octanol–water partition coefficient (Wildman–Crippen LogP) is 2.85. The Morgan fingerprint density at radius 1 is 1.23 bits per heavy atom. The van der Waals surface area contributed by atoms with Crippen molar-refractivity contribution in [3.05, 3.63) is 17.7 Å². The average molecular weight is 395 g/mol. The van der Waals surface area contributed by atoms with Gasteiger partial charge in [0, 0.05) is 12.1 Å². The van der Waals surface area contributed by atoms with Gasteiger partial charge in [0.15, 0.2) is 11.5 Å². The Labute approximate surface area is 158 Å². The summed E-state index contributed by atoms with van der Waals surface area (Å²) < 4.78 is 39.7. The van der Waals surface area contributed by atoms with Gasteiger partial charge in [-0.25, -0.2) is 0 Å². The number of methoxy groups -OCH3 is 2. The van der Waals surface area contributed by atoms with Crippen molar-refractivity contribution in [2.24, 2.45) is 5.41 Å². The highest BCUT2D eigenvalue weighted by atomic mass is 35.5. The molecular formula is C17H25ClF2N2O4. The highest BCUT2D eigenvalue weighted by Crippen LogP contribution is 2.39. The van der Waals surface area contributed by atoms with Crippen LogP contribution in [0.1, 0.15) is 30.1 Å². The highest BCUT2D eigenvalue weighted by Gasteiger charge is 2.28. The first-order chi connectivity index (χ1) is 11.9. The Morgan fingerprint density at radius 3 is 2.23 bits per heavy atom. The molecule has 1 fully saturated rings. The molecule has 1 heterocycles. The molecule has 148 valence electrons. The van der Waals surface area contributed by atoms with Gasteiger partial charge < -0.3 is 24.8 Å². The number of piperidine rings is 1. The highest BCUT2D eigenvalue weighted by molar-refractivity contribution is 5.95. The predicted molar refractivity (Wildman–Crippen MR) is 96.0 cm³/mol. The summed E-state index contributed by atoms with van der Waals surface area (Å²) in [7, 11) is 2.62. The second-order valence-corrected chi connectivity index (χ2v) is 6.33. The fourth-order valence-electron chi connectivity index (χ4n) is 2.82. The number of halogens is 3. The van der Waals surface area contributed by atoms with E-state index in [1.54, 1.807) is 0 Å². The summed E-state index contributed by atoms with van der Waals surface area (Å²) in [5.74, 6) is -0.530. The Balaban J connectivity index is 0.00000338. The molecule has 1 amide bonds. The van der Waals surface area contributed by atoms with E-state index in [4.69, 9.17) is 9.47 Å². The molecule has 0 atom stereocenters. The van der Waals surface area contributed by atoms with Crippen LogP contribution in [0.3, 0.4) is 0 Å². The Morgan fingerprint density at radius 2 is 1.77 bits per heavy atom. The number of hydrogen-bond donors (Lipinski definition) is 2. The van der Waals surface area contributed by atoms with Crippen LogP contribution < -0.4 is 24.8 Å². The van der Waals surface area contributed by atoms with E-state index in [1.807, 2.05) is 0 Å². The lowest BCUT2D eigenvalue weighted by molar-refractivity contribution is -0.0526. The van der Waals surface area contributed by atoms with Crippen molar-refractivity contribution in [2.45, 2.75) is 26.4 Å². The molecule has 0 aliphatic carbocycles. The minimum Gasteiger partial charge on any atom is -0.493 e. The second-order valence-electron chi connectivity index (χ2n) is 6.33. The summed E-state index contributed by atoms with van der Waals surface area (Å²) in [6.07, 6.45) is 1.95. The van der Waals surface area contributed by atoms with Gasteiger partial charge in [-0.2, -0.15) is 8.78 Å². The average Bonchev–Trinajstić information content (AvgIpc) is 2.60. The van der Waals surface area contributed by atoms with Gasteiger partial charge >= 0.3 is 6.61 Å². The minimum absolute atomic E-state index is 0. The van der Waals surface area contributed by atoms with E-state index in [1.165, 1.54) is 26.4 Å². The molecule has 1 aromatic carbocycles. The molecule has 1 aromatic rings. The molecule has 0 saturated carbocycles. The van der Waals surface area contributed by atoms with Crippen molar-refractivity contribution in [1.29, 1.82) is 0 Å². The molecule has 9 heteroatoms. The largest absolute Gasteiger partial charge is 0.493 e. The Kier molecular flexibility index (Phi) is 8.36. The monoisotopic (exact) mass is 394 g/mol. The van der Waals surface area contributed by atoms with E-state index >= 15 is 0 Å². The van der Waals surface area contributed by atoms with Gasteiger partial charge in [0.2, 0.25) is 5.75 Å². The summed E-state index contributed by atoms with van der Waals surface area (Å²) in [6, 6.07) is 2.72. The zero-order chi connectivity index (χ0) is 18.4. The molecule has 0 unspecified atom stereocenters. The third kappa shape index (κ3) is 5.60. The maximum atomic E-state index is 12.6. The van der Waals surface area contributed by atoms with Crippen LogP contribution in [0, 0.1) is 5.41 Å². The number of rotatable bonds is 7. The molecule has 1 aliphatic heterocycles. The first kappa shape index (κ1) is 22.2. The van der Waals surface area contributed by atoms with Crippen molar-refractivity contribution in [3.63, 3.8) is 0 Å². The molecule has 6 nitrogen and oxygen atoms in total. The van der Waals surface area contributed by atoms with Crippen LogP contribution in [0.25, 0.3) is 0 Å². The van der Waals surface area contributed by atoms with Crippen molar-refractivity contribution in [1.82, 2.24) is 10.6 Å². The number of alkyl halides is 2. The topological polar surface area (TPSA) is 68.8 Å². The van der Waals surface area contributed by atoms with E-state index in [9.17, 15) is 13.6 Å².